The summed E-state index contributed by atoms with van der Waals surface area (Å²) in [7, 11) is 1.64. The van der Waals surface area contributed by atoms with Crippen LogP contribution in [0.2, 0.25) is 0 Å². The minimum atomic E-state index is 0.389. The predicted molar refractivity (Wildman–Crippen MR) is 102 cm³/mol. The quantitative estimate of drug-likeness (QED) is 0.600. The number of hydrogen-bond acceptors (Lipinski definition) is 5. The van der Waals surface area contributed by atoms with Crippen molar-refractivity contribution in [2.45, 2.75) is 13.8 Å². The molecular formula is C20H17N5O. The van der Waals surface area contributed by atoms with E-state index in [0.717, 1.165) is 38.9 Å². The smallest absolute Gasteiger partial charge is 0.127 e. The molecule has 0 atom stereocenters. The van der Waals surface area contributed by atoms with E-state index in [9.17, 15) is 5.26 Å². The maximum atomic E-state index is 9.68. The second kappa shape index (κ2) is 5.74. The second-order valence-electron chi connectivity index (χ2n) is 6.20. The molecule has 6 nitrogen and oxygen atoms in total. The first-order valence-corrected chi connectivity index (χ1v) is 8.17. The van der Waals surface area contributed by atoms with Gasteiger partial charge in [-0.25, -0.2) is 0 Å². The Kier molecular flexibility index (Phi) is 3.51. The van der Waals surface area contributed by atoms with Gasteiger partial charge in [0, 0.05) is 16.3 Å². The van der Waals surface area contributed by atoms with Crippen molar-refractivity contribution in [3.05, 3.63) is 53.2 Å². The van der Waals surface area contributed by atoms with Crippen LogP contribution >= 0.6 is 0 Å². The van der Waals surface area contributed by atoms with E-state index in [4.69, 9.17) is 10.5 Å². The lowest BCUT2D eigenvalue weighted by Gasteiger charge is -2.17. The molecule has 2 aromatic carbocycles. The minimum absolute atomic E-state index is 0.389. The number of anilines is 1. The first-order chi connectivity index (χ1) is 12.6. The van der Waals surface area contributed by atoms with Gasteiger partial charge in [-0.2, -0.15) is 10.4 Å². The van der Waals surface area contributed by atoms with Crippen LogP contribution in [-0.4, -0.2) is 21.9 Å². The molecule has 2 heterocycles. The molecular weight excluding hydrogens is 326 g/mol. The van der Waals surface area contributed by atoms with Crippen LogP contribution in [0.25, 0.3) is 27.5 Å². The van der Waals surface area contributed by atoms with Crippen LogP contribution in [-0.2, 0) is 0 Å². The van der Waals surface area contributed by atoms with Crippen LogP contribution in [0.15, 0.2) is 36.5 Å². The minimum Gasteiger partial charge on any atom is -0.496 e. The summed E-state index contributed by atoms with van der Waals surface area (Å²) in [6, 6.07) is 11.9. The topological polar surface area (TPSA) is 89.8 Å². The molecule has 4 rings (SSSR count). The first-order valence-electron chi connectivity index (χ1n) is 8.17. The van der Waals surface area contributed by atoms with Crippen molar-refractivity contribution in [2.75, 3.05) is 12.8 Å². The van der Waals surface area contributed by atoms with Crippen molar-refractivity contribution in [1.29, 1.82) is 5.26 Å². The molecule has 0 amide bonds. The van der Waals surface area contributed by atoms with E-state index in [2.05, 4.69) is 16.3 Å². The maximum absolute atomic E-state index is 9.68. The third kappa shape index (κ3) is 2.04. The highest BCUT2D eigenvalue weighted by atomic mass is 16.5. The standard InChI is InChI=1S/C20H17N5O/c1-11-4-7-16(26-3)12(2)18(11)25-19-14(15(10-21)20(25)22)6-5-13-8-9-23-24-17(13)19/h4-9H,22H2,1-3H3. The number of nitrogens with zero attached hydrogens (tertiary/aromatic N) is 4. The third-order valence-electron chi connectivity index (χ3n) is 4.79. The Balaban J connectivity index is 2.27. The Morgan fingerprint density at radius 2 is 1.96 bits per heavy atom. The molecule has 128 valence electrons. The number of aromatic nitrogens is 3. The van der Waals surface area contributed by atoms with E-state index in [1.54, 1.807) is 13.3 Å². The van der Waals surface area contributed by atoms with Crippen LogP contribution < -0.4 is 10.5 Å². The largest absolute Gasteiger partial charge is 0.496 e. The number of nitrogen functional groups attached to an aromatic ring is 1. The van der Waals surface area contributed by atoms with Gasteiger partial charge in [0.15, 0.2) is 0 Å². The molecule has 0 aliphatic rings. The summed E-state index contributed by atoms with van der Waals surface area (Å²) in [4.78, 5) is 0. The number of aryl methyl sites for hydroxylation is 1. The summed E-state index contributed by atoms with van der Waals surface area (Å²) >= 11 is 0. The zero-order valence-corrected chi connectivity index (χ0v) is 14.7. The Morgan fingerprint density at radius 3 is 2.69 bits per heavy atom. The Hall–Kier alpha value is -3.59. The molecule has 0 fully saturated rings. The van der Waals surface area contributed by atoms with Crippen molar-refractivity contribution in [3.8, 4) is 17.5 Å². The van der Waals surface area contributed by atoms with Crippen molar-refractivity contribution in [3.63, 3.8) is 0 Å². The van der Waals surface area contributed by atoms with Gasteiger partial charge in [0.1, 0.15) is 28.7 Å². The van der Waals surface area contributed by atoms with E-state index >= 15 is 0 Å². The molecule has 0 bridgehead atoms. The lowest BCUT2D eigenvalue weighted by atomic mass is 10.1. The summed E-state index contributed by atoms with van der Waals surface area (Å²) < 4.78 is 7.39. The lowest BCUT2D eigenvalue weighted by molar-refractivity contribution is 0.411. The first kappa shape index (κ1) is 15.9. The molecule has 0 aliphatic heterocycles. The molecule has 4 aromatic rings. The van der Waals surface area contributed by atoms with Gasteiger partial charge in [0.25, 0.3) is 0 Å². The van der Waals surface area contributed by atoms with E-state index < -0.39 is 0 Å². The number of rotatable bonds is 2. The Labute approximate surface area is 150 Å². The fourth-order valence-corrected chi connectivity index (χ4v) is 3.57. The number of fused-ring (bicyclic) bond motifs is 3. The number of nitriles is 1. The van der Waals surface area contributed by atoms with E-state index in [0.29, 0.717) is 16.9 Å². The summed E-state index contributed by atoms with van der Waals surface area (Å²) in [6.45, 7) is 3.99. The molecule has 6 heteroatoms. The van der Waals surface area contributed by atoms with E-state index in [1.165, 1.54) is 0 Å². The van der Waals surface area contributed by atoms with Gasteiger partial charge in [-0.3, -0.25) is 4.57 Å². The Morgan fingerprint density at radius 1 is 1.15 bits per heavy atom. The van der Waals surface area contributed by atoms with Crippen LogP contribution in [0.5, 0.6) is 5.75 Å². The van der Waals surface area contributed by atoms with Crippen LogP contribution in [0.1, 0.15) is 16.7 Å². The van der Waals surface area contributed by atoms with Crippen molar-refractivity contribution >= 4 is 27.6 Å². The lowest BCUT2D eigenvalue weighted by Crippen LogP contribution is -2.06. The fraction of sp³-hybridized carbons (Fsp3) is 0.150. The highest BCUT2D eigenvalue weighted by Crippen LogP contribution is 2.38. The average molecular weight is 343 g/mol. The number of nitrogens with two attached hydrogens (primary N) is 1. The van der Waals surface area contributed by atoms with Crippen molar-refractivity contribution in [1.82, 2.24) is 14.8 Å². The molecule has 0 saturated heterocycles. The average Bonchev–Trinajstić information content (AvgIpc) is 2.94. The van der Waals surface area contributed by atoms with Gasteiger partial charge in [-0.1, -0.05) is 18.2 Å². The zero-order valence-electron chi connectivity index (χ0n) is 14.7. The van der Waals surface area contributed by atoms with E-state index in [1.807, 2.05) is 48.7 Å². The Bertz CT molecular complexity index is 1220. The molecule has 0 unspecified atom stereocenters. The van der Waals surface area contributed by atoms with E-state index in [-0.39, 0.29) is 0 Å². The van der Waals surface area contributed by atoms with Gasteiger partial charge in [-0.05, 0) is 31.5 Å². The molecule has 0 radical (unpaired) electrons. The van der Waals surface area contributed by atoms with Crippen LogP contribution in [0, 0.1) is 25.2 Å². The van der Waals surface area contributed by atoms with Crippen molar-refractivity contribution in [2.24, 2.45) is 0 Å². The fourth-order valence-electron chi connectivity index (χ4n) is 3.57. The van der Waals surface area contributed by atoms with Crippen molar-refractivity contribution < 1.29 is 4.74 Å². The predicted octanol–water partition coefficient (Wildman–Crippen LogP) is 3.65. The highest BCUT2D eigenvalue weighted by molar-refractivity contribution is 6.08. The van der Waals surface area contributed by atoms with Gasteiger partial charge < -0.3 is 10.5 Å². The van der Waals surface area contributed by atoms with Gasteiger partial charge >= 0.3 is 0 Å². The van der Waals surface area contributed by atoms with Crippen LogP contribution in [0.4, 0.5) is 5.82 Å². The van der Waals surface area contributed by atoms with Gasteiger partial charge in [0.2, 0.25) is 0 Å². The molecule has 2 aromatic heterocycles. The molecule has 0 spiro atoms. The summed E-state index contributed by atoms with van der Waals surface area (Å²) in [6.07, 6.45) is 1.65. The number of hydrogen-bond donors (Lipinski definition) is 1. The molecule has 0 saturated carbocycles. The van der Waals surface area contributed by atoms with Gasteiger partial charge in [0.05, 0.1) is 24.5 Å². The van der Waals surface area contributed by atoms with Gasteiger partial charge in [-0.15, -0.1) is 5.10 Å². The third-order valence-corrected chi connectivity index (χ3v) is 4.79. The second-order valence-corrected chi connectivity index (χ2v) is 6.20. The maximum Gasteiger partial charge on any atom is 0.127 e. The summed E-state index contributed by atoms with van der Waals surface area (Å²) in [5.74, 6) is 1.15. The summed E-state index contributed by atoms with van der Waals surface area (Å²) in [5.41, 5.74) is 11.2. The normalized spacial score (nSPS) is 11.0. The monoisotopic (exact) mass is 343 g/mol. The molecule has 0 aliphatic carbocycles. The number of ether oxygens (including phenoxy) is 1. The van der Waals surface area contributed by atoms with Crippen LogP contribution in [0.3, 0.4) is 0 Å². The molecule has 26 heavy (non-hydrogen) atoms. The molecule has 2 N–H and O–H groups in total. The highest BCUT2D eigenvalue weighted by Gasteiger charge is 2.22. The summed E-state index contributed by atoms with van der Waals surface area (Å²) in [5, 5.41) is 19.7. The number of benzene rings is 2. The zero-order chi connectivity index (χ0) is 18.4. The SMILES string of the molecule is COc1ccc(C)c(-n2c(N)c(C#N)c3ccc4ccnnc4c32)c1C. The number of methoxy groups -OCH3 is 1.